The normalized spacial score (nSPS) is 25.7. The molecule has 0 spiro atoms. The van der Waals surface area contributed by atoms with Crippen molar-refractivity contribution >= 4 is 21.8 Å². The van der Waals surface area contributed by atoms with Gasteiger partial charge in [0.05, 0.1) is 25.2 Å². The number of nitrogens with zero attached hydrogens (tertiary/aromatic N) is 2. The van der Waals surface area contributed by atoms with Gasteiger partial charge in [0, 0.05) is 23.5 Å². The molecular weight excluding hydrogens is 399 g/mol. The van der Waals surface area contributed by atoms with E-state index in [1.54, 1.807) is 12.1 Å². The zero-order valence-corrected chi connectivity index (χ0v) is 15.8. The first-order chi connectivity index (χ1) is 12.6. The first kappa shape index (κ1) is 17.6. The fourth-order valence-electron chi connectivity index (χ4n) is 4.22. The minimum Gasteiger partial charge on any atom is -0.394 e. The molecule has 2 heterocycles. The van der Waals surface area contributed by atoms with Gasteiger partial charge >= 0.3 is 0 Å². The molecule has 2 fully saturated rings. The Labute approximate surface area is 160 Å². The van der Waals surface area contributed by atoms with Crippen LogP contribution in [0.5, 0.6) is 0 Å². The van der Waals surface area contributed by atoms with Crippen molar-refractivity contribution in [1.29, 1.82) is 0 Å². The average Bonchev–Trinajstić information content (AvgIpc) is 2.61. The molecule has 4 rings (SSSR count). The summed E-state index contributed by atoms with van der Waals surface area (Å²) >= 11 is 3.45. The van der Waals surface area contributed by atoms with Gasteiger partial charge in [-0.3, -0.25) is 9.69 Å². The van der Waals surface area contributed by atoms with E-state index in [0.717, 1.165) is 22.1 Å². The van der Waals surface area contributed by atoms with E-state index in [1.807, 2.05) is 17.0 Å². The second-order valence-electron chi connectivity index (χ2n) is 6.99. The van der Waals surface area contributed by atoms with Crippen LogP contribution in [0.15, 0.2) is 53.0 Å². The van der Waals surface area contributed by atoms with Crippen LogP contribution in [0.4, 0.5) is 4.39 Å². The summed E-state index contributed by atoms with van der Waals surface area (Å²) in [5.74, 6) is -0.0708. The number of carbonyl (C=O) groups is 1. The van der Waals surface area contributed by atoms with Gasteiger partial charge in [-0.2, -0.15) is 0 Å². The molecule has 2 aliphatic heterocycles. The van der Waals surface area contributed by atoms with Crippen molar-refractivity contribution in [3.8, 4) is 0 Å². The first-order valence-corrected chi connectivity index (χ1v) is 9.50. The number of halogens is 2. The van der Waals surface area contributed by atoms with E-state index in [0.29, 0.717) is 13.1 Å². The summed E-state index contributed by atoms with van der Waals surface area (Å²) < 4.78 is 14.1. The molecule has 2 aromatic rings. The molecule has 0 unspecified atom stereocenters. The summed E-state index contributed by atoms with van der Waals surface area (Å²) in [7, 11) is 0. The van der Waals surface area contributed by atoms with Crippen molar-refractivity contribution in [2.75, 3.05) is 19.7 Å². The number of piperazine rings is 1. The molecule has 2 aromatic carbocycles. The van der Waals surface area contributed by atoms with Crippen molar-refractivity contribution in [2.24, 2.45) is 0 Å². The SMILES string of the molecule is O=C1CN(Cc2ccc(F)cc2)C[C@H]2[C@@H](c3ccc(Br)cc3)[C@@H](CO)N12. The second-order valence-corrected chi connectivity index (χ2v) is 7.91. The molecule has 136 valence electrons. The van der Waals surface area contributed by atoms with Crippen LogP contribution in [0.25, 0.3) is 0 Å². The number of hydrogen-bond acceptors (Lipinski definition) is 3. The summed E-state index contributed by atoms with van der Waals surface area (Å²) in [5, 5.41) is 9.80. The van der Waals surface area contributed by atoms with Gasteiger partial charge in [0.1, 0.15) is 5.82 Å². The van der Waals surface area contributed by atoms with Gasteiger partial charge < -0.3 is 10.0 Å². The zero-order valence-electron chi connectivity index (χ0n) is 14.2. The van der Waals surface area contributed by atoms with Crippen LogP contribution < -0.4 is 0 Å². The van der Waals surface area contributed by atoms with E-state index in [2.05, 4.69) is 33.0 Å². The number of fused-ring (bicyclic) bond motifs is 1. The maximum atomic E-state index is 13.1. The quantitative estimate of drug-likeness (QED) is 0.829. The van der Waals surface area contributed by atoms with Crippen LogP contribution in [0, 0.1) is 5.82 Å². The van der Waals surface area contributed by atoms with Gasteiger partial charge in [-0.05, 0) is 35.4 Å². The molecule has 2 saturated heterocycles. The van der Waals surface area contributed by atoms with Crippen LogP contribution in [-0.2, 0) is 11.3 Å². The van der Waals surface area contributed by atoms with Crippen molar-refractivity contribution in [2.45, 2.75) is 24.5 Å². The molecule has 6 heteroatoms. The predicted octanol–water partition coefficient (Wildman–Crippen LogP) is 2.76. The minimum atomic E-state index is -0.255. The molecule has 1 amide bonds. The third kappa shape index (κ3) is 3.17. The molecule has 3 atom stereocenters. The Bertz CT molecular complexity index is 796. The van der Waals surface area contributed by atoms with Gasteiger partial charge in [-0.15, -0.1) is 0 Å². The Kier molecular flexibility index (Phi) is 4.82. The van der Waals surface area contributed by atoms with Crippen LogP contribution in [0.2, 0.25) is 0 Å². The smallest absolute Gasteiger partial charge is 0.237 e. The number of rotatable bonds is 4. The molecule has 1 N–H and O–H groups in total. The van der Waals surface area contributed by atoms with E-state index >= 15 is 0 Å². The lowest BCUT2D eigenvalue weighted by molar-refractivity contribution is -0.162. The van der Waals surface area contributed by atoms with E-state index in [1.165, 1.54) is 12.1 Å². The molecule has 26 heavy (non-hydrogen) atoms. The molecule has 0 aromatic heterocycles. The fraction of sp³-hybridized carbons (Fsp3) is 0.350. The molecule has 0 radical (unpaired) electrons. The van der Waals surface area contributed by atoms with Crippen LogP contribution in [0.3, 0.4) is 0 Å². The monoisotopic (exact) mass is 418 g/mol. The number of carbonyl (C=O) groups excluding carboxylic acids is 1. The van der Waals surface area contributed by atoms with Crippen molar-refractivity contribution in [1.82, 2.24) is 9.80 Å². The molecule has 4 nitrogen and oxygen atoms in total. The number of hydrogen-bond donors (Lipinski definition) is 1. The van der Waals surface area contributed by atoms with E-state index in [4.69, 9.17) is 0 Å². The lowest BCUT2D eigenvalue weighted by atomic mass is 9.74. The number of aliphatic hydroxyl groups is 1. The number of aliphatic hydroxyl groups excluding tert-OH is 1. The van der Waals surface area contributed by atoms with Crippen molar-refractivity contribution in [3.05, 3.63) is 69.9 Å². The van der Waals surface area contributed by atoms with Gasteiger partial charge in [0.25, 0.3) is 0 Å². The average molecular weight is 419 g/mol. The Balaban J connectivity index is 1.53. The van der Waals surface area contributed by atoms with Gasteiger partial charge in [-0.25, -0.2) is 4.39 Å². The van der Waals surface area contributed by atoms with Gasteiger partial charge in [0.15, 0.2) is 0 Å². The molecular formula is C20H20BrFN2O2. The first-order valence-electron chi connectivity index (χ1n) is 8.71. The third-order valence-electron chi connectivity index (χ3n) is 5.40. The topological polar surface area (TPSA) is 43.8 Å². The summed E-state index contributed by atoms with van der Waals surface area (Å²) in [4.78, 5) is 16.6. The largest absolute Gasteiger partial charge is 0.394 e. The lowest BCUT2D eigenvalue weighted by Gasteiger charge is -2.59. The standard InChI is InChI=1S/C20H20BrFN2O2/c21-15-5-3-14(4-6-15)20-17-10-23(9-13-1-7-16(22)8-2-13)11-19(26)24(17)18(20)12-25/h1-8,17-18,20,25H,9-12H2/t17-,18+,20+/m0/s1. The molecule has 0 aliphatic carbocycles. The van der Waals surface area contributed by atoms with E-state index in [9.17, 15) is 14.3 Å². The van der Waals surface area contributed by atoms with Crippen molar-refractivity contribution in [3.63, 3.8) is 0 Å². The second kappa shape index (κ2) is 7.10. The van der Waals surface area contributed by atoms with E-state index in [-0.39, 0.29) is 36.3 Å². The maximum absolute atomic E-state index is 13.1. The minimum absolute atomic E-state index is 0.0269. The Morgan fingerprint density at radius 1 is 1.12 bits per heavy atom. The van der Waals surface area contributed by atoms with Crippen LogP contribution >= 0.6 is 15.9 Å². The van der Waals surface area contributed by atoms with Crippen molar-refractivity contribution < 1.29 is 14.3 Å². The van der Waals surface area contributed by atoms with E-state index < -0.39 is 0 Å². The highest BCUT2D eigenvalue weighted by Crippen LogP contribution is 2.43. The Hall–Kier alpha value is -1.76. The summed E-state index contributed by atoms with van der Waals surface area (Å²) in [5.41, 5.74) is 2.14. The highest BCUT2D eigenvalue weighted by molar-refractivity contribution is 9.10. The Morgan fingerprint density at radius 2 is 1.81 bits per heavy atom. The maximum Gasteiger partial charge on any atom is 0.237 e. The molecule has 0 saturated carbocycles. The highest BCUT2D eigenvalue weighted by Gasteiger charge is 2.53. The summed E-state index contributed by atoms with van der Waals surface area (Å²) in [6.45, 7) is 1.67. The number of amides is 1. The zero-order chi connectivity index (χ0) is 18.3. The highest BCUT2D eigenvalue weighted by atomic mass is 79.9. The number of benzene rings is 2. The van der Waals surface area contributed by atoms with Crippen LogP contribution in [-0.4, -0.2) is 52.6 Å². The van der Waals surface area contributed by atoms with Gasteiger partial charge in [-0.1, -0.05) is 40.2 Å². The summed E-state index contributed by atoms with van der Waals surface area (Å²) in [6, 6.07) is 14.4. The lowest BCUT2D eigenvalue weighted by Crippen LogP contribution is -2.72. The Morgan fingerprint density at radius 3 is 2.46 bits per heavy atom. The van der Waals surface area contributed by atoms with Crippen LogP contribution in [0.1, 0.15) is 17.0 Å². The fourth-order valence-corrected chi connectivity index (χ4v) is 4.48. The molecule has 0 bridgehead atoms. The predicted molar refractivity (Wildman–Crippen MR) is 100 cm³/mol. The molecule has 2 aliphatic rings. The third-order valence-corrected chi connectivity index (χ3v) is 5.93. The van der Waals surface area contributed by atoms with Gasteiger partial charge in [0.2, 0.25) is 5.91 Å². The summed E-state index contributed by atoms with van der Waals surface area (Å²) in [6.07, 6.45) is 0.